The maximum absolute atomic E-state index is 5.95. The van der Waals surface area contributed by atoms with Crippen LogP contribution < -0.4 is 20.1 Å². The van der Waals surface area contributed by atoms with E-state index in [4.69, 9.17) is 26.8 Å². The van der Waals surface area contributed by atoms with E-state index in [1.165, 1.54) is 0 Å². The topological polar surface area (TPSA) is 86.4 Å². The van der Waals surface area contributed by atoms with Crippen LogP contribution in [0.3, 0.4) is 0 Å². The van der Waals surface area contributed by atoms with E-state index in [9.17, 15) is 0 Å². The molecule has 0 amide bonds. The molecule has 0 aliphatic carbocycles. The molecule has 0 fully saturated rings. The van der Waals surface area contributed by atoms with Gasteiger partial charge in [-0.3, -0.25) is 0 Å². The number of hydrogen-bond acceptors (Lipinski definition) is 7. The van der Waals surface area contributed by atoms with Crippen molar-refractivity contribution in [1.82, 2.24) is 15.2 Å². The van der Waals surface area contributed by atoms with Crippen molar-refractivity contribution >= 4 is 17.4 Å². The zero-order valence-corrected chi connectivity index (χ0v) is 13.3. The van der Waals surface area contributed by atoms with Gasteiger partial charge >= 0.3 is 0 Å². The third-order valence-corrected chi connectivity index (χ3v) is 3.64. The summed E-state index contributed by atoms with van der Waals surface area (Å²) < 4.78 is 11.6. The highest BCUT2D eigenvalue weighted by Crippen LogP contribution is 2.29. The van der Waals surface area contributed by atoms with Gasteiger partial charge in [-0.25, -0.2) is 4.98 Å². The second kappa shape index (κ2) is 7.43. The van der Waals surface area contributed by atoms with Crippen LogP contribution in [0.2, 0.25) is 5.15 Å². The van der Waals surface area contributed by atoms with Crippen molar-refractivity contribution in [3.63, 3.8) is 0 Å². The summed E-state index contributed by atoms with van der Waals surface area (Å²) in [6, 6.07) is 7.23. The van der Waals surface area contributed by atoms with Gasteiger partial charge in [0.1, 0.15) is 6.61 Å². The van der Waals surface area contributed by atoms with Gasteiger partial charge in [-0.05, 0) is 37.2 Å². The minimum absolute atomic E-state index is 0.123. The van der Waals surface area contributed by atoms with Crippen molar-refractivity contribution in [3.05, 3.63) is 35.6 Å². The first-order valence-electron chi connectivity index (χ1n) is 7.45. The van der Waals surface area contributed by atoms with Crippen molar-refractivity contribution in [2.75, 3.05) is 31.1 Å². The minimum atomic E-state index is -0.123. The number of hydrogen-bond donors (Lipinski definition) is 1. The van der Waals surface area contributed by atoms with Crippen LogP contribution >= 0.6 is 11.6 Å². The molecule has 1 aliphatic rings. The number of nitrogens with two attached hydrogens (primary N) is 1. The standard InChI is InChI=1S/C15H18ClN5O2/c16-13-4-5-14(20-19-13)21(8-2-6-17)9-11-10-22-15-12(23-11)3-1-7-18-15/h1,3-5,7,11H,2,6,8-10,17H2. The molecule has 1 atom stereocenters. The van der Waals surface area contributed by atoms with Crippen molar-refractivity contribution < 1.29 is 9.47 Å². The van der Waals surface area contributed by atoms with Crippen LogP contribution in [-0.4, -0.2) is 47.5 Å². The summed E-state index contributed by atoms with van der Waals surface area (Å²) in [5.41, 5.74) is 5.63. The Kier molecular flexibility index (Phi) is 5.09. The predicted molar refractivity (Wildman–Crippen MR) is 87.1 cm³/mol. The maximum atomic E-state index is 5.95. The van der Waals surface area contributed by atoms with Crippen LogP contribution in [0.5, 0.6) is 11.6 Å². The highest BCUT2D eigenvalue weighted by molar-refractivity contribution is 6.29. The summed E-state index contributed by atoms with van der Waals surface area (Å²) >= 11 is 5.81. The fourth-order valence-corrected chi connectivity index (χ4v) is 2.46. The van der Waals surface area contributed by atoms with Crippen LogP contribution in [0, 0.1) is 0 Å². The minimum Gasteiger partial charge on any atom is -0.479 e. The quantitative estimate of drug-likeness (QED) is 0.856. The number of halogens is 1. The SMILES string of the molecule is NCCCN(CC1COc2ncccc2O1)c1ccc(Cl)nn1. The summed E-state index contributed by atoms with van der Waals surface area (Å²) in [7, 11) is 0. The first-order chi connectivity index (χ1) is 11.3. The molecule has 0 radical (unpaired) electrons. The lowest BCUT2D eigenvalue weighted by Gasteiger charge is -2.31. The summed E-state index contributed by atoms with van der Waals surface area (Å²) in [5, 5.41) is 8.40. The van der Waals surface area contributed by atoms with E-state index < -0.39 is 0 Å². The highest BCUT2D eigenvalue weighted by atomic mass is 35.5. The molecule has 1 aliphatic heterocycles. The lowest BCUT2D eigenvalue weighted by atomic mass is 10.2. The van der Waals surface area contributed by atoms with Crippen molar-refractivity contribution in [3.8, 4) is 11.6 Å². The number of ether oxygens (including phenoxy) is 2. The van der Waals surface area contributed by atoms with E-state index in [1.54, 1.807) is 12.3 Å². The summed E-state index contributed by atoms with van der Waals surface area (Å²) in [5.74, 6) is 1.93. The Morgan fingerprint density at radius 2 is 2.22 bits per heavy atom. The van der Waals surface area contributed by atoms with Gasteiger partial charge in [0.2, 0.25) is 0 Å². The molecular weight excluding hydrogens is 318 g/mol. The zero-order valence-electron chi connectivity index (χ0n) is 12.6. The molecule has 0 saturated carbocycles. The Balaban J connectivity index is 1.70. The van der Waals surface area contributed by atoms with Gasteiger partial charge in [-0.15, -0.1) is 10.2 Å². The Labute approximate surface area is 139 Å². The fourth-order valence-electron chi connectivity index (χ4n) is 2.35. The van der Waals surface area contributed by atoms with Gasteiger partial charge < -0.3 is 20.1 Å². The second-order valence-electron chi connectivity index (χ2n) is 5.16. The lowest BCUT2D eigenvalue weighted by Crippen LogP contribution is -2.42. The number of rotatable bonds is 6. The molecule has 7 nitrogen and oxygen atoms in total. The third kappa shape index (κ3) is 4.00. The number of nitrogens with zero attached hydrogens (tertiary/aromatic N) is 4. The second-order valence-corrected chi connectivity index (χ2v) is 5.55. The average molecular weight is 336 g/mol. The van der Waals surface area contributed by atoms with Crippen LogP contribution in [0.1, 0.15) is 6.42 Å². The zero-order chi connectivity index (χ0) is 16.1. The van der Waals surface area contributed by atoms with E-state index in [0.29, 0.717) is 36.5 Å². The molecule has 1 unspecified atom stereocenters. The normalized spacial score (nSPS) is 16.2. The third-order valence-electron chi connectivity index (χ3n) is 3.43. The van der Waals surface area contributed by atoms with E-state index >= 15 is 0 Å². The molecule has 0 aromatic carbocycles. The smallest absolute Gasteiger partial charge is 0.257 e. The lowest BCUT2D eigenvalue weighted by molar-refractivity contribution is 0.0901. The molecule has 2 aromatic heterocycles. The van der Waals surface area contributed by atoms with Gasteiger partial charge in [-0.2, -0.15) is 0 Å². The number of fused-ring (bicyclic) bond motifs is 1. The van der Waals surface area contributed by atoms with Crippen LogP contribution in [0.15, 0.2) is 30.5 Å². The summed E-state index contributed by atoms with van der Waals surface area (Å²) in [6.07, 6.45) is 2.40. The van der Waals surface area contributed by atoms with E-state index in [0.717, 1.165) is 18.8 Å². The highest BCUT2D eigenvalue weighted by Gasteiger charge is 2.24. The van der Waals surface area contributed by atoms with Crippen molar-refractivity contribution in [2.24, 2.45) is 5.73 Å². The van der Waals surface area contributed by atoms with Gasteiger partial charge in [0, 0.05) is 12.7 Å². The molecule has 0 saturated heterocycles. The largest absolute Gasteiger partial charge is 0.479 e. The molecule has 3 rings (SSSR count). The summed E-state index contributed by atoms with van der Waals surface area (Å²) in [4.78, 5) is 6.21. The van der Waals surface area contributed by atoms with Gasteiger partial charge in [0.15, 0.2) is 22.8 Å². The fraction of sp³-hybridized carbons (Fsp3) is 0.400. The van der Waals surface area contributed by atoms with E-state index in [2.05, 4.69) is 20.1 Å². The van der Waals surface area contributed by atoms with Gasteiger partial charge in [0.05, 0.1) is 6.54 Å². The maximum Gasteiger partial charge on any atom is 0.257 e. The molecule has 2 aromatic rings. The Bertz CT molecular complexity index is 640. The summed E-state index contributed by atoms with van der Waals surface area (Å²) in [6.45, 7) is 2.41. The number of pyridine rings is 1. The van der Waals surface area contributed by atoms with Crippen LogP contribution in [0.25, 0.3) is 0 Å². The predicted octanol–water partition coefficient (Wildman–Crippen LogP) is 1.52. The molecule has 2 N–H and O–H groups in total. The van der Waals surface area contributed by atoms with Crippen LogP contribution in [-0.2, 0) is 0 Å². The molecule has 3 heterocycles. The Morgan fingerprint density at radius 3 is 3.00 bits per heavy atom. The van der Waals surface area contributed by atoms with E-state index in [-0.39, 0.29) is 6.10 Å². The Morgan fingerprint density at radius 1 is 1.30 bits per heavy atom. The molecule has 0 bridgehead atoms. The van der Waals surface area contributed by atoms with Crippen LogP contribution in [0.4, 0.5) is 5.82 Å². The molecule has 122 valence electrons. The molecule has 23 heavy (non-hydrogen) atoms. The molecule has 0 spiro atoms. The first kappa shape index (κ1) is 15.8. The Hall–Kier alpha value is -2.12. The number of aromatic nitrogens is 3. The van der Waals surface area contributed by atoms with E-state index in [1.807, 2.05) is 18.2 Å². The monoisotopic (exact) mass is 335 g/mol. The van der Waals surface area contributed by atoms with Crippen molar-refractivity contribution in [2.45, 2.75) is 12.5 Å². The van der Waals surface area contributed by atoms with Gasteiger partial charge in [0.25, 0.3) is 5.88 Å². The van der Waals surface area contributed by atoms with Gasteiger partial charge in [-0.1, -0.05) is 11.6 Å². The number of anilines is 1. The molecule has 8 heteroatoms. The average Bonchev–Trinajstić information content (AvgIpc) is 2.59. The van der Waals surface area contributed by atoms with Crippen molar-refractivity contribution in [1.29, 1.82) is 0 Å². The molecular formula is C15H18ClN5O2. The first-order valence-corrected chi connectivity index (χ1v) is 7.83.